The first-order valence-corrected chi connectivity index (χ1v) is 8.55. The van der Waals surface area contributed by atoms with E-state index in [-0.39, 0.29) is 6.04 Å². The summed E-state index contributed by atoms with van der Waals surface area (Å²) in [6.45, 7) is 2.94. The van der Waals surface area contributed by atoms with E-state index in [9.17, 15) is 0 Å². The number of hydrogen-bond acceptors (Lipinski definition) is 2. The normalized spacial score (nSPS) is 12.2. The monoisotopic (exact) mass is 431 g/mol. The number of methoxy groups -OCH3 is 1. The molecule has 0 aliphatic heterocycles. The molecule has 21 heavy (non-hydrogen) atoms. The van der Waals surface area contributed by atoms with Crippen LogP contribution in [0.4, 0.5) is 0 Å². The average molecular weight is 434 g/mol. The Morgan fingerprint density at radius 2 is 1.95 bits per heavy atom. The van der Waals surface area contributed by atoms with Gasteiger partial charge in [0.1, 0.15) is 5.75 Å². The fraction of sp³-hybridized carbons (Fsp3) is 0.250. The number of benzene rings is 2. The van der Waals surface area contributed by atoms with Crippen molar-refractivity contribution in [3.05, 3.63) is 61.5 Å². The Kier molecular flexibility index (Phi) is 6.11. The molecule has 0 aliphatic rings. The molecule has 112 valence electrons. The molecule has 0 spiro atoms. The summed E-state index contributed by atoms with van der Waals surface area (Å²) in [7, 11) is 1.62. The Morgan fingerprint density at radius 3 is 2.57 bits per heavy atom. The van der Waals surface area contributed by atoms with E-state index in [1.807, 2.05) is 30.3 Å². The molecule has 0 aromatic heterocycles. The highest BCUT2D eigenvalue weighted by Gasteiger charge is 2.17. The van der Waals surface area contributed by atoms with Gasteiger partial charge < -0.3 is 10.1 Å². The van der Waals surface area contributed by atoms with Crippen LogP contribution in [0, 0.1) is 0 Å². The van der Waals surface area contributed by atoms with Gasteiger partial charge >= 0.3 is 0 Å². The van der Waals surface area contributed by atoms with Gasteiger partial charge in [-0.3, -0.25) is 0 Å². The molecule has 0 heterocycles. The molecular weight excluding hydrogens is 417 g/mol. The summed E-state index contributed by atoms with van der Waals surface area (Å²) in [6.07, 6.45) is 0. The average Bonchev–Trinajstić information content (AvgIpc) is 2.47. The molecule has 0 saturated carbocycles. The first-order chi connectivity index (χ1) is 10.1. The van der Waals surface area contributed by atoms with E-state index in [0.717, 1.165) is 26.6 Å². The van der Waals surface area contributed by atoms with E-state index in [1.165, 1.54) is 0 Å². The lowest BCUT2D eigenvalue weighted by atomic mass is 9.98. The second-order valence-corrected chi connectivity index (χ2v) is 6.73. The van der Waals surface area contributed by atoms with Crippen LogP contribution in [0.3, 0.4) is 0 Å². The van der Waals surface area contributed by atoms with Crippen LogP contribution in [0.2, 0.25) is 5.02 Å². The Bertz CT molecular complexity index is 634. The number of rotatable bonds is 5. The van der Waals surface area contributed by atoms with E-state index < -0.39 is 0 Å². The fourth-order valence-corrected chi connectivity index (χ4v) is 3.33. The number of halogens is 3. The SMILES string of the molecule is CCNC(c1ccc(OC)c(Cl)c1)c1cc(Br)ccc1Br. The standard InChI is InChI=1S/C16H16Br2ClNO/c1-3-20-16(12-9-11(17)5-6-13(12)18)10-4-7-15(21-2)14(19)8-10/h4-9,16,20H,3H2,1-2H3. The summed E-state index contributed by atoms with van der Waals surface area (Å²) in [5.74, 6) is 0.684. The van der Waals surface area contributed by atoms with E-state index in [1.54, 1.807) is 7.11 Å². The molecule has 2 aromatic rings. The van der Waals surface area contributed by atoms with Crippen LogP contribution in [0.25, 0.3) is 0 Å². The Hall–Kier alpha value is -0.550. The van der Waals surface area contributed by atoms with Crippen LogP contribution in [0.5, 0.6) is 5.75 Å². The molecule has 0 aliphatic carbocycles. The summed E-state index contributed by atoms with van der Waals surface area (Å²) >= 11 is 13.4. The highest BCUT2D eigenvalue weighted by molar-refractivity contribution is 9.11. The third kappa shape index (κ3) is 4.01. The zero-order chi connectivity index (χ0) is 15.4. The largest absolute Gasteiger partial charge is 0.495 e. The number of hydrogen-bond donors (Lipinski definition) is 1. The summed E-state index contributed by atoms with van der Waals surface area (Å²) in [4.78, 5) is 0. The van der Waals surface area contributed by atoms with Crippen molar-refractivity contribution in [1.82, 2.24) is 5.32 Å². The molecule has 0 bridgehead atoms. The van der Waals surface area contributed by atoms with E-state index in [4.69, 9.17) is 16.3 Å². The summed E-state index contributed by atoms with van der Waals surface area (Å²) in [5.41, 5.74) is 2.26. The molecule has 1 N–H and O–H groups in total. The predicted molar refractivity (Wildman–Crippen MR) is 95.4 cm³/mol. The van der Waals surface area contributed by atoms with Crippen molar-refractivity contribution >= 4 is 43.5 Å². The highest BCUT2D eigenvalue weighted by Crippen LogP contribution is 2.34. The van der Waals surface area contributed by atoms with Gasteiger partial charge in [0.05, 0.1) is 18.2 Å². The van der Waals surface area contributed by atoms with Crippen molar-refractivity contribution in [3.63, 3.8) is 0 Å². The van der Waals surface area contributed by atoms with Crippen molar-refractivity contribution in [2.24, 2.45) is 0 Å². The van der Waals surface area contributed by atoms with Gasteiger partial charge in [-0.25, -0.2) is 0 Å². The molecule has 1 unspecified atom stereocenters. The van der Waals surface area contributed by atoms with Gasteiger partial charge in [0.15, 0.2) is 0 Å². The highest BCUT2D eigenvalue weighted by atomic mass is 79.9. The molecular formula is C16H16Br2ClNO. The predicted octanol–water partition coefficient (Wildman–Crippen LogP) is 5.57. The van der Waals surface area contributed by atoms with Crippen LogP contribution >= 0.6 is 43.5 Å². The second-order valence-electron chi connectivity index (χ2n) is 4.55. The summed E-state index contributed by atoms with van der Waals surface area (Å²) < 4.78 is 7.32. The van der Waals surface area contributed by atoms with Crippen molar-refractivity contribution in [2.75, 3.05) is 13.7 Å². The van der Waals surface area contributed by atoms with Gasteiger partial charge in [0.25, 0.3) is 0 Å². The lowest BCUT2D eigenvalue weighted by Gasteiger charge is -2.21. The maximum absolute atomic E-state index is 6.26. The minimum absolute atomic E-state index is 0.0604. The van der Waals surface area contributed by atoms with Crippen molar-refractivity contribution in [3.8, 4) is 5.75 Å². The van der Waals surface area contributed by atoms with Crippen LogP contribution in [-0.2, 0) is 0 Å². The van der Waals surface area contributed by atoms with Crippen LogP contribution < -0.4 is 10.1 Å². The Morgan fingerprint density at radius 1 is 1.19 bits per heavy atom. The minimum atomic E-state index is 0.0604. The van der Waals surface area contributed by atoms with Gasteiger partial charge in [0.2, 0.25) is 0 Å². The third-order valence-corrected chi connectivity index (χ3v) is 4.70. The Balaban J connectivity index is 2.48. The van der Waals surface area contributed by atoms with Gasteiger partial charge in [-0.2, -0.15) is 0 Å². The Labute approximate surface area is 147 Å². The fourth-order valence-electron chi connectivity index (χ4n) is 2.21. The summed E-state index contributed by atoms with van der Waals surface area (Å²) in [5, 5.41) is 4.11. The van der Waals surface area contributed by atoms with Crippen molar-refractivity contribution < 1.29 is 4.74 Å². The minimum Gasteiger partial charge on any atom is -0.495 e. The number of nitrogens with one attached hydrogen (secondary N) is 1. The van der Waals surface area contributed by atoms with Gasteiger partial charge in [0, 0.05) is 8.95 Å². The van der Waals surface area contributed by atoms with Gasteiger partial charge in [-0.05, 0) is 48.0 Å². The smallest absolute Gasteiger partial charge is 0.137 e. The first kappa shape index (κ1) is 16.8. The molecule has 5 heteroatoms. The van der Waals surface area contributed by atoms with Crippen LogP contribution in [-0.4, -0.2) is 13.7 Å². The van der Waals surface area contributed by atoms with E-state index >= 15 is 0 Å². The summed E-state index contributed by atoms with van der Waals surface area (Å²) in [6, 6.07) is 12.1. The third-order valence-electron chi connectivity index (χ3n) is 3.19. The second kappa shape index (κ2) is 7.63. The molecule has 0 amide bonds. The van der Waals surface area contributed by atoms with Crippen LogP contribution in [0.1, 0.15) is 24.1 Å². The molecule has 1 atom stereocenters. The molecule has 2 aromatic carbocycles. The molecule has 2 rings (SSSR count). The molecule has 0 radical (unpaired) electrons. The number of ether oxygens (including phenoxy) is 1. The lowest BCUT2D eigenvalue weighted by Crippen LogP contribution is -2.22. The van der Waals surface area contributed by atoms with Gasteiger partial charge in [-0.15, -0.1) is 0 Å². The molecule has 2 nitrogen and oxygen atoms in total. The zero-order valence-corrected chi connectivity index (χ0v) is 15.7. The van der Waals surface area contributed by atoms with E-state index in [0.29, 0.717) is 10.8 Å². The molecule has 0 saturated heterocycles. The quantitative estimate of drug-likeness (QED) is 0.665. The lowest BCUT2D eigenvalue weighted by molar-refractivity contribution is 0.414. The zero-order valence-electron chi connectivity index (χ0n) is 11.8. The van der Waals surface area contributed by atoms with Crippen LogP contribution in [0.15, 0.2) is 45.3 Å². The van der Waals surface area contributed by atoms with Gasteiger partial charge in [-0.1, -0.05) is 56.5 Å². The maximum Gasteiger partial charge on any atom is 0.137 e. The maximum atomic E-state index is 6.26. The first-order valence-electron chi connectivity index (χ1n) is 6.58. The topological polar surface area (TPSA) is 21.3 Å². The van der Waals surface area contributed by atoms with E-state index in [2.05, 4.69) is 50.2 Å². The molecule has 0 fully saturated rings. The van der Waals surface area contributed by atoms with Crippen molar-refractivity contribution in [2.45, 2.75) is 13.0 Å². The van der Waals surface area contributed by atoms with Crippen molar-refractivity contribution in [1.29, 1.82) is 0 Å².